The number of nitrogens with one attached hydrogen (secondary N) is 2. The van der Waals surface area contributed by atoms with E-state index in [1.165, 1.54) is 18.4 Å². The first kappa shape index (κ1) is 18.1. The van der Waals surface area contributed by atoms with Crippen LogP contribution in [0.4, 0.5) is 10.7 Å². The van der Waals surface area contributed by atoms with Crippen molar-refractivity contribution in [2.75, 3.05) is 17.7 Å². The normalized spacial score (nSPS) is 10.2. The molecule has 0 radical (unpaired) electrons. The van der Waals surface area contributed by atoms with E-state index in [1.54, 1.807) is 0 Å². The van der Waals surface area contributed by atoms with Gasteiger partial charge in [0.2, 0.25) is 0 Å². The average Bonchev–Trinajstić information content (AvgIpc) is 2.98. The van der Waals surface area contributed by atoms with Crippen molar-refractivity contribution in [2.24, 2.45) is 0 Å². The molecule has 4 nitrogen and oxygen atoms in total. The lowest BCUT2D eigenvalue weighted by molar-refractivity contribution is 0.0603. The maximum atomic E-state index is 12.5. The first-order valence-corrected chi connectivity index (χ1v) is 9.22. The lowest BCUT2D eigenvalue weighted by Crippen LogP contribution is -2.20. The third-order valence-electron chi connectivity index (χ3n) is 3.79. The molecule has 0 aliphatic carbocycles. The smallest absolute Gasteiger partial charge is 0.341 e. The second-order valence-corrected chi connectivity index (χ2v) is 7.17. The van der Waals surface area contributed by atoms with Crippen molar-refractivity contribution in [1.82, 2.24) is 0 Å². The van der Waals surface area contributed by atoms with Crippen LogP contribution in [0.5, 0.6) is 0 Å². The molecule has 0 spiro atoms. The first-order valence-electron chi connectivity index (χ1n) is 8.00. The Kier molecular flexibility index (Phi) is 5.65. The number of anilines is 2. The molecular formula is C20H18N2O2S2. The number of carbonyl (C=O) groups is 1. The summed E-state index contributed by atoms with van der Waals surface area (Å²) >= 11 is 6.88. The molecule has 0 bridgehead atoms. The molecule has 6 heteroatoms. The number of thiophene rings is 1. The predicted octanol–water partition coefficient (Wildman–Crippen LogP) is 5.32. The topological polar surface area (TPSA) is 50.4 Å². The molecule has 1 aromatic heterocycles. The average molecular weight is 383 g/mol. The number of benzene rings is 2. The summed E-state index contributed by atoms with van der Waals surface area (Å²) in [6.45, 7) is 1.98. The van der Waals surface area contributed by atoms with Crippen LogP contribution in [-0.2, 0) is 4.74 Å². The Balaban J connectivity index is 1.94. The maximum Gasteiger partial charge on any atom is 0.341 e. The highest BCUT2D eigenvalue weighted by Gasteiger charge is 2.24. The summed E-state index contributed by atoms with van der Waals surface area (Å²) in [5.41, 5.74) is 3.21. The van der Waals surface area contributed by atoms with Gasteiger partial charge in [-0.25, -0.2) is 4.79 Å². The number of ether oxygens (including phenoxy) is 1. The number of esters is 1. The highest BCUT2D eigenvalue weighted by molar-refractivity contribution is 7.80. The minimum Gasteiger partial charge on any atom is -0.465 e. The Morgan fingerprint density at radius 3 is 2.23 bits per heavy atom. The van der Waals surface area contributed by atoms with Gasteiger partial charge in [0.05, 0.1) is 7.11 Å². The van der Waals surface area contributed by atoms with Crippen LogP contribution in [0.25, 0.3) is 11.1 Å². The van der Waals surface area contributed by atoms with Crippen molar-refractivity contribution in [3.05, 3.63) is 71.1 Å². The fourth-order valence-corrected chi connectivity index (χ4v) is 4.02. The molecule has 0 aliphatic rings. The number of aryl methyl sites for hydroxylation is 1. The van der Waals surface area contributed by atoms with Gasteiger partial charge in [-0.15, -0.1) is 11.3 Å². The van der Waals surface area contributed by atoms with Crippen LogP contribution < -0.4 is 10.6 Å². The van der Waals surface area contributed by atoms with Crippen molar-refractivity contribution in [1.29, 1.82) is 0 Å². The lowest BCUT2D eigenvalue weighted by atomic mass is 10.0. The van der Waals surface area contributed by atoms with Crippen molar-refractivity contribution in [2.45, 2.75) is 6.92 Å². The van der Waals surface area contributed by atoms with E-state index in [-0.39, 0.29) is 0 Å². The zero-order valence-electron chi connectivity index (χ0n) is 14.4. The SMILES string of the molecule is COC(=O)c1c(NC(=S)Nc2ccccc2)sc(C)c1-c1ccccc1. The van der Waals surface area contributed by atoms with Gasteiger partial charge in [-0.3, -0.25) is 0 Å². The fourth-order valence-electron chi connectivity index (χ4n) is 2.67. The summed E-state index contributed by atoms with van der Waals surface area (Å²) in [4.78, 5) is 13.5. The molecular weight excluding hydrogens is 364 g/mol. The van der Waals surface area contributed by atoms with E-state index < -0.39 is 5.97 Å². The van der Waals surface area contributed by atoms with Crippen LogP contribution in [-0.4, -0.2) is 18.2 Å². The van der Waals surface area contributed by atoms with E-state index in [4.69, 9.17) is 17.0 Å². The van der Waals surface area contributed by atoms with Gasteiger partial charge < -0.3 is 15.4 Å². The maximum absolute atomic E-state index is 12.5. The largest absolute Gasteiger partial charge is 0.465 e. The van der Waals surface area contributed by atoms with Gasteiger partial charge >= 0.3 is 5.97 Å². The molecule has 3 rings (SSSR count). The van der Waals surface area contributed by atoms with Crippen molar-refractivity contribution < 1.29 is 9.53 Å². The number of thiocarbonyl (C=S) groups is 1. The van der Waals surface area contributed by atoms with Gasteiger partial charge in [-0.2, -0.15) is 0 Å². The summed E-state index contributed by atoms with van der Waals surface area (Å²) in [6.07, 6.45) is 0. The molecule has 0 fully saturated rings. The zero-order valence-corrected chi connectivity index (χ0v) is 16.0. The van der Waals surface area contributed by atoms with Gasteiger partial charge in [0.25, 0.3) is 0 Å². The third-order valence-corrected chi connectivity index (χ3v) is 5.02. The van der Waals surface area contributed by atoms with Gasteiger partial charge in [0.1, 0.15) is 10.6 Å². The quantitative estimate of drug-likeness (QED) is 0.472. The molecule has 2 aromatic carbocycles. The van der Waals surface area contributed by atoms with E-state index in [9.17, 15) is 4.79 Å². The van der Waals surface area contributed by atoms with Crippen molar-refractivity contribution >= 4 is 45.3 Å². The lowest BCUT2D eigenvalue weighted by Gasteiger charge is -2.11. The summed E-state index contributed by atoms with van der Waals surface area (Å²) in [7, 11) is 1.38. The molecule has 0 unspecified atom stereocenters. The second-order valence-electron chi connectivity index (χ2n) is 5.54. The Labute approximate surface area is 161 Å². The Hall–Kier alpha value is -2.70. The van der Waals surface area contributed by atoms with Gasteiger partial charge in [-0.05, 0) is 36.8 Å². The fraction of sp³-hybridized carbons (Fsp3) is 0.100. The van der Waals surface area contributed by atoms with E-state index >= 15 is 0 Å². The summed E-state index contributed by atoms with van der Waals surface area (Å²) < 4.78 is 5.02. The molecule has 132 valence electrons. The van der Waals surface area contributed by atoms with Crippen LogP contribution in [0.3, 0.4) is 0 Å². The van der Waals surface area contributed by atoms with Gasteiger partial charge in [0, 0.05) is 16.1 Å². The van der Waals surface area contributed by atoms with E-state index in [2.05, 4.69) is 10.6 Å². The highest BCUT2D eigenvalue weighted by atomic mass is 32.1. The van der Waals surface area contributed by atoms with E-state index in [0.29, 0.717) is 15.7 Å². The molecule has 1 heterocycles. The van der Waals surface area contributed by atoms with Gasteiger partial charge in [-0.1, -0.05) is 48.5 Å². The van der Waals surface area contributed by atoms with Gasteiger partial charge in [0.15, 0.2) is 5.11 Å². The second kappa shape index (κ2) is 8.12. The first-order chi connectivity index (χ1) is 12.6. The number of rotatable bonds is 4. The summed E-state index contributed by atoms with van der Waals surface area (Å²) in [6, 6.07) is 19.4. The van der Waals surface area contributed by atoms with Crippen LogP contribution in [0.15, 0.2) is 60.7 Å². The molecule has 26 heavy (non-hydrogen) atoms. The van der Waals surface area contributed by atoms with Crippen LogP contribution in [0.1, 0.15) is 15.2 Å². The summed E-state index contributed by atoms with van der Waals surface area (Å²) in [5, 5.41) is 7.35. The zero-order chi connectivity index (χ0) is 18.5. The minimum atomic E-state index is -0.391. The Morgan fingerprint density at radius 1 is 1.00 bits per heavy atom. The van der Waals surface area contributed by atoms with E-state index in [0.717, 1.165) is 21.7 Å². The molecule has 0 saturated heterocycles. The number of hydrogen-bond acceptors (Lipinski definition) is 4. The molecule has 0 saturated carbocycles. The van der Waals surface area contributed by atoms with Crippen molar-refractivity contribution in [3.63, 3.8) is 0 Å². The standard InChI is InChI=1S/C20H18N2O2S2/c1-13-16(14-9-5-3-6-10-14)17(19(23)24-2)18(26-13)22-20(25)21-15-11-7-4-8-12-15/h3-12H,1-2H3,(H2,21,22,25). The molecule has 2 N–H and O–H groups in total. The van der Waals surface area contributed by atoms with E-state index in [1.807, 2.05) is 67.6 Å². The number of hydrogen-bond donors (Lipinski definition) is 2. The third kappa shape index (κ3) is 3.92. The summed E-state index contributed by atoms with van der Waals surface area (Å²) in [5.74, 6) is -0.391. The molecule has 0 aliphatic heterocycles. The van der Waals surface area contributed by atoms with Crippen LogP contribution >= 0.6 is 23.6 Å². The molecule has 0 amide bonds. The molecule has 3 aromatic rings. The number of para-hydroxylation sites is 1. The number of methoxy groups -OCH3 is 1. The van der Waals surface area contributed by atoms with Crippen molar-refractivity contribution in [3.8, 4) is 11.1 Å². The Bertz CT molecular complexity index is 922. The van der Waals surface area contributed by atoms with Crippen LogP contribution in [0, 0.1) is 6.92 Å². The highest BCUT2D eigenvalue weighted by Crippen LogP contribution is 2.40. The monoisotopic (exact) mass is 382 g/mol. The van der Waals surface area contributed by atoms with Crippen LogP contribution in [0.2, 0.25) is 0 Å². The predicted molar refractivity (Wildman–Crippen MR) is 112 cm³/mol. The number of carbonyl (C=O) groups excluding carboxylic acids is 1. The molecule has 0 atom stereocenters. The minimum absolute atomic E-state index is 0.391. The Morgan fingerprint density at radius 2 is 1.62 bits per heavy atom.